The van der Waals surface area contributed by atoms with E-state index < -0.39 is 5.41 Å². The lowest BCUT2D eigenvalue weighted by Gasteiger charge is -2.34. The van der Waals surface area contributed by atoms with Gasteiger partial charge in [-0.15, -0.1) is 22.7 Å². The van der Waals surface area contributed by atoms with E-state index in [2.05, 4.69) is 243 Å². The number of hydrogen-bond acceptors (Lipinski definition) is 6. The van der Waals surface area contributed by atoms with Crippen molar-refractivity contribution in [2.75, 3.05) is 0 Å². The molecule has 0 N–H and O–H groups in total. The molecule has 4 nitrogen and oxygen atoms in total. The van der Waals surface area contributed by atoms with E-state index in [-0.39, 0.29) is 0 Å². The van der Waals surface area contributed by atoms with E-state index in [1.807, 2.05) is 6.07 Å². The fraction of sp³-hybridized carbons (Fsp3) is 0.0143. The van der Waals surface area contributed by atoms with Crippen LogP contribution in [0.2, 0.25) is 0 Å². The maximum atomic E-state index is 6.72. The number of furan rings is 1. The molecule has 76 heavy (non-hydrogen) atoms. The second-order valence-corrected chi connectivity index (χ2v) is 21.8. The maximum Gasteiger partial charge on any atom is 0.165 e. The molecule has 0 aliphatic heterocycles. The Bertz CT molecular complexity index is 4800. The zero-order chi connectivity index (χ0) is 49.9. The third-order valence-corrected chi connectivity index (χ3v) is 18.0. The molecule has 11 aromatic carbocycles. The summed E-state index contributed by atoms with van der Waals surface area (Å²) in [5, 5.41) is 6.74. The van der Waals surface area contributed by atoms with E-state index in [4.69, 9.17) is 19.4 Å². The number of rotatable bonds is 7. The molecule has 16 rings (SSSR count). The Hall–Kier alpha value is -9.33. The van der Waals surface area contributed by atoms with Crippen LogP contribution in [0.1, 0.15) is 22.3 Å². The SMILES string of the molecule is c1ccc(C2(c3ccccc3)c3ccccc3-c3c(-c4cccc(-c5ccc6oc7cccc(-c8nc(-c9cccc%10c9sc9ccccc9%10)nc(-c9cccc%10sc%11ccccc%11c9%10)n8)c7c6c5)c4)cccc32)cc1. The van der Waals surface area contributed by atoms with Gasteiger partial charge in [0.25, 0.3) is 0 Å². The fourth-order valence-electron chi connectivity index (χ4n) is 12.4. The lowest BCUT2D eigenvalue weighted by atomic mass is 9.67. The van der Waals surface area contributed by atoms with Crippen molar-refractivity contribution in [1.29, 1.82) is 0 Å². The van der Waals surface area contributed by atoms with Gasteiger partial charge in [-0.3, -0.25) is 0 Å². The summed E-state index contributed by atoms with van der Waals surface area (Å²) in [6.45, 7) is 0. The Morgan fingerprint density at radius 3 is 1.66 bits per heavy atom. The molecule has 0 saturated heterocycles. The van der Waals surface area contributed by atoms with E-state index in [1.54, 1.807) is 22.7 Å². The van der Waals surface area contributed by atoms with Gasteiger partial charge in [-0.25, -0.2) is 15.0 Å². The van der Waals surface area contributed by atoms with Gasteiger partial charge in [0.1, 0.15) is 11.2 Å². The van der Waals surface area contributed by atoms with Crippen molar-refractivity contribution in [1.82, 2.24) is 15.0 Å². The Kier molecular flexibility index (Phi) is 9.56. The smallest absolute Gasteiger partial charge is 0.165 e. The van der Waals surface area contributed by atoms with Crippen molar-refractivity contribution in [3.8, 4) is 67.5 Å². The van der Waals surface area contributed by atoms with Gasteiger partial charge in [0, 0.05) is 67.8 Å². The molecule has 0 radical (unpaired) electrons. The minimum Gasteiger partial charge on any atom is -0.456 e. The predicted molar refractivity (Wildman–Crippen MR) is 317 cm³/mol. The molecule has 15 aromatic rings. The van der Waals surface area contributed by atoms with E-state index in [0.717, 1.165) is 65.4 Å². The lowest BCUT2D eigenvalue weighted by Crippen LogP contribution is -2.28. The van der Waals surface area contributed by atoms with Crippen molar-refractivity contribution in [3.05, 3.63) is 271 Å². The molecule has 0 spiro atoms. The molecule has 0 unspecified atom stereocenters. The van der Waals surface area contributed by atoms with Crippen LogP contribution >= 0.6 is 22.7 Å². The molecule has 0 atom stereocenters. The summed E-state index contributed by atoms with van der Waals surface area (Å²) in [4.78, 5) is 16.3. The van der Waals surface area contributed by atoms with Crippen LogP contribution in [0.5, 0.6) is 0 Å². The third kappa shape index (κ3) is 6.38. The molecular weight excluding hydrogens is 963 g/mol. The number of benzene rings is 11. The van der Waals surface area contributed by atoms with Gasteiger partial charge in [-0.05, 0) is 104 Å². The molecule has 0 saturated carbocycles. The first-order chi connectivity index (χ1) is 37.7. The maximum absolute atomic E-state index is 6.72. The van der Waals surface area contributed by atoms with Crippen LogP contribution in [-0.2, 0) is 5.41 Å². The zero-order valence-corrected chi connectivity index (χ0v) is 42.4. The van der Waals surface area contributed by atoms with Crippen LogP contribution in [0.15, 0.2) is 253 Å². The first-order valence-corrected chi connectivity index (χ1v) is 27.3. The van der Waals surface area contributed by atoms with Crippen molar-refractivity contribution in [2.45, 2.75) is 5.41 Å². The monoisotopic (exact) mass is 1000 g/mol. The van der Waals surface area contributed by atoms with Gasteiger partial charge in [0.15, 0.2) is 17.5 Å². The highest BCUT2D eigenvalue weighted by Crippen LogP contribution is 2.58. The lowest BCUT2D eigenvalue weighted by molar-refractivity contribution is 0.669. The number of fused-ring (bicyclic) bond motifs is 12. The third-order valence-electron chi connectivity index (χ3n) is 15.6. The summed E-state index contributed by atoms with van der Waals surface area (Å²) in [6.07, 6.45) is 0. The number of hydrogen-bond donors (Lipinski definition) is 0. The summed E-state index contributed by atoms with van der Waals surface area (Å²) in [5.41, 5.74) is 16.1. The van der Waals surface area contributed by atoms with Crippen LogP contribution in [0.25, 0.3) is 130 Å². The Morgan fingerprint density at radius 2 is 0.855 bits per heavy atom. The highest BCUT2D eigenvalue weighted by atomic mass is 32.1. The molecule has 4 heterocycles. The minimum atomic E-state index is -0.481. The average Bonchev–Trinajstić information content (AvgIpc) is 4.27. The van der Waals surface area contributed by atoms with Gasteiger partial charge in [-0.1, -0.05) is 200 Å². The fourth-order valence-corrected chi connectivity index (χ4v) is 14.8. The number of thiophene rings is 2. The van der Waals surface area contributed by atoms with E-state index >= 15 is 0 Å². The molecule has 1 aliphatic rings. The van der Waals surface area contributed by atoms with E-state index in [0.29, 0.717) is 17.5 Å². The zero-order valence-electron chi connectivity index (χ0n) is 40.7. The Morgan fingerprint density at radius 1 is 0.316 bits per heavy atom. The minimum absolute atomic E-state index is 0.481. The van der Waals surface area contributed by atoms with Crippen molar-refractivity contribution >= 4 is 85.0 Å². The summed E-state index contributed by atoms with van der Waals surface area (Å²) < 4.78 is 11.5. The predicted octanol–water partition coefficient (Wildman–Crippen LogP) is 19.2. The van der Waals surface area contributed by atoms with Crippen LogP contribution < -0.4 is 0 Å². The molecule has 354 valence electrons. The molecule has 1 aliphatic carbocycles. The second kappa shape index (κ2) is 16.8. The largest absolute Gasteiger partial charge is 0.456 e. The van der Waals surface area contributed by atoms with Gasteiger partial charge >= 0.3 is 0 Å². The van der Waals surface area contributed by atoms with E-state index in [9.17, 15) is 0 Å². The topological polar surface area (TPSA) is 51.8 Å². The van der Waals surface area contributed by atoms with Gasteiger partial charge in [0.05, 0.1) is 5.41 Å². The molecule has 4 aromatic heterocycles. The van der Waals surface area contributed by atoms with Crippen LogP contribution in [-0.4, -0.2) is 15.0 Å². The van der Waals surface area contributed by atoms with E-state index in [1.165, 1.54) is 69.2 Å². The quantitative estimate of drug-likeness (QED) is 0.160. The average molecular weight is 1000 g/mol. The van der Waals surface area contributed by atoms with Gasteiger partial charge in [0.2, 0.25) is 0 Å². The summed E-state index contributed by atoms with van der Waals surface area (Å²) in [7, 11) is 0. The van der Waals surface area contributed by atoms with Gasteiger partial charge in [-0.2, -0.15) is 0 Å². The highest BCUT2D eigenvalue weighted by Gasteiger charge is 2.46. The molecule has 0 bridgehead atoms. The molecule has 6 heteroatoms. The van der Waals surface area contributed by atoms with Crippen molar-refractivity contribution in [3.63, 3.8) is 0 Å². The van der Waals surface area contributed by atoms with Crippen LogP contribution in [0, 0.1) is 0 Å². The van der Waals surface area contributed by atoms with Crippen molar-refractivity contribution < 1.29 is 4.42 Å². The van der Waals surface area contributed by atoms with Crippen LogP contribution in [0.3, 0.4) is 0 Å². The Balaban J connectivity index is 0.875. The van der Waals surface area contributed by atoms with Crippen molar-refractivity contribution in [2.24, 2.45) is 0 Å². The van der Waals surface area contributed by atoms with Crippen LogP contribution in [0.4, 0.5) is 0 Å². The molecule has 0 fully saturated rings. The first kappa shape index (κ1) is 43.1. The second-order valence-electron chi connectivity index (χ2n) is 19.7. The summed E-state index contributed by atoms with van der Waals surface area (Å²) in [6, 6.07) is 89.9. The van der Waals surface area contributed by atoms with Gasteiger partial charge < -0.3 is 4.42 Å². The normalized spacial score (nSPS) is 12.8. The summed E-state index contributed by atoms with van der Waals surface area (Å²) >= 11 is 3.58. The number of aromatic nitrogens is 3. The number of nitrogens with zero attached hydrogens (tertiary/aromatic N) is 3. The Labute approximate surface area is 445 Å². The standard InChI is InChI=1S/C70H41N3OS2/c1-3-20-45(21-4-1)70(46-22-5-2-6-23-46)56-32-10-7-25-50(56)63-47(27-15-33-57(63)70)44-19-13-18-42(40-44)43-38-39-58-55(41-43)64-52(29-16-34-59(64)74-58)67-71-68(53-30-17-37-62-65(53)51-26-9-12-36-61(51)75-62)73-69(72-67)54-31-14-28-49-48-24-8-11-35-60(48)76-66(49)54/h1-41H. The molecular formula is C70H41N3OS2. The first-order valence-electron chi connectivity index (χ1n) is 25.7. The molecule has 0 amide bonds. The summed E-state index contributed by atoms with van der Waals surface area (Å²) in [5.74, 6) is 1.86. The highest BCUT2D eigenvalue weighted by molar-refractivity contribution is 7.26.